The zero-order chi connectivity index (χ0) is 13.5. The molecule has 0 saturated carbocycles. The lowest BCUT2D eigenvalue weighted by Crippen LogP contribution is -2.24. The first kappa shape index (κ1) is 18.5. The number of benzene rings is 1. The molecule has 1 aromatic rings. The molecule has 0 radical (unpaired) electrons. The second-order valence-corrected chi connectivity index (χ2v) is 3.71. The van der Waals surface area contributed by atoms with Crippen molar-refractivity contribution in [1.29, 1.82) is 0 Å². The van der Waals surface area contributed by atoms with Crippen molar-refractivity contribution in [1.82, 2.24) is 5.32 Å². The molecule has 2 nitrogen and oxygen atoms in total. The van der Waals surface area contributed by atoms with Crippen LogP contribution in [0, 0.1) is 6.92 Å². The summed E-state index contributed by atoms with van der Waals surface area (Å²) in [6.45, 7) is 11.7. The molecule has 1 unspecified atom stereocenters. The monoisotopic (exact) mass is 239 g/mol. The van der Waals surface area contributed by atoms with Crippen LogP contribution in [0.25, 0.3) is 0 Å². The van der Waals surface area contributed by atoms with Crippen molar-refractivity contribution in [2.24, 2.45) is 0 Å². The van der Waals surface area contributed by atoms with Crippen molar-refractivity contribution >= 4 is 0 Å². The molecular formula is C15H29NO. The van der Waals surface area contributed by atoms with Gasteiger partial charge < -0.3 is 10.4 Å². The quantitative estimate of drug-likeness (QED) is 0.789. The lowest BCUT2D eigenvalue weighted by Gasteiger charge is -2.03. The first-order valence-electron chi connectivity index (χ1n) is 6.57. The molecule has 2 N–H and O–H groups in total. The van der Waals surface area contributed by atoms with Crippen LogP contribution in [0.15, 0.2) is 30.3 Å². The summed E-state index contributed by atoms with van der Waals surface area (Å²) in [6, 6.07) is 10.3. The van der Waals surface area contributed by atoms with Gasteiger partial charge in [0, 0.05) is 6.54 Å². The molecule has 0 aliphatic rings. The van der Waals surface area contributed by atoms with Crippen molar-refractivity contribution in [3.8, 4) is 0 Å². The number of nitrogens with one attached hydrogen (secondary N) is 1. The van der Waals surface area contributed by atoms with E-state index < -0.39 is 0 Å². The van der Waals surface area contributed by atoms with Crippen LogP contribution in [0.4, 0.5) is 0 Å². The molecule has 1 aromatic carbocycles. The highest BCUT2D eigenvalue weighted by atomic mass is 16.3. The van der Waals surface area contributed by atoms with Crippen LogP contribution in [0.5, 0.6) is 0 Å². The zero-order valence-electron chi connectivity index (χ0n) is 12.0. The van der Waals surface area contributed by atoms with Gasteiger partial charge in [-0.15, -0.1) is 0 Å². The fraction of sp³-hybridized carbons (Fsp3) is 0.600. The van der Waals surface area contributed by atoms with E-state index in [-0.39, 0.29) is 6.10 Å². The highest BCUT2D eigenvalue weighted by Crippen LogP contribution is 1.92. The van der Waals surface area contributed by atoms with Crippen molar-refractivity contribution in [3.63, 3.8) is 0 Å². The van der Waals surface area contributed by atoms with Crippen LogP contribution in [0.1, 0.15) is 39.7 Å². The average Bonchev–Trinajstić information content (AvgIpc) is 2.33. The maximum Gasteiger partial charge on any atom is 0.0636 e. The van der Waals surface area contributed by atoms with E-state index in [4.69, 9.17) is 5.11 Å². The molecule has 0 aliphatic heterocycles. The lowest BCUT2D eigenvalue weighted by atomic mass is 10.2. The van der Waals surface area contributed by atoms with Gasteiger partial charge in [-0.1, -0.05) is 56.7 Å². The van der Waals surface area contributed by atoms with Gasteiger partial charge in [0.15, 0.2) is 0 Å². The van der Waals surface area contributed by atoms with Gasteiger partial charge in [0.2, 0.25) is 0 Å². The lowest BCUT2D eigenvalue weighted by molar-refractivity contribution is 0.191. The van der Waals surface area contributed by atoms with Crippen molar-refractivity contribution in [3.05, 3.63) is 35.9 Å². The van der Waals surface area contributed by atoms with Gasteiger partial charge in [0.25, 0.3) is 0 Å². The summed E-state index contributed by atoms with van der Waals surface area (Å²) >= 11 is 0. The number of aryl methyl sites for hydroxylation is 1. The molecule has 2 heteroatoms. The number of aliphatic hydroxyl groups excluding tert-OH is 1. The molecule has 0 spiro atoms. The Bertz CT molecular complexity index is 222. The minimum absolute atomic E-state index is 0.207. The molecule has 100 valence electrons. The molecule has 17 heavy (non-hydrogen) atoms. The minimum atomic E-state index is -0.207. The predicted molar refractivity (Wildman–Crippen MR) is 77.4 cm³/mol. The molecule has 0 saturated heterocycles. The maximum absolute atomic E-state index is 8.72. The number of rotatable bonds is 4. The molecule has 0 amide bonds. The van der Waals surface area contributed by atoms with E-state index in [1.165, 1.54) is 5.56 Å². The Kier molecular flexibility index (Phi) is 16.5. The molecular weight excluding hydrogens is 210 g/mol. The van der Waals surface area contributed by atoms with Gasteiger partial charge in [-0.05, 0) is 26.8 Å². The Labute approximate surface area is 107 Å². The third-order valence-electron chi connectivity index (χ3n) is 1.81. The summed E-state index contributed by atoms with van der Waals surface area (Å²) < 4.78 is 0. The second-order valence-electron chi connectivity index (χ2n) is 3.71. The topological polar surface area (TPSA) is 32.3 Å². The summed E-state index contributed by atoms with van der Waals surface area (Å²) in [4.78, 5) is 0. The molecule has 0 aliphatic carbocycles. The van der Waals surface area contributed by atoms with E-state index in [0.717, 1.165) is 13.0 Å². The second kappa shape index (κ2) is 15.1. The summed E-state index contributed by atoms with van der Waals surface area (Å²) in [5, 5.41) is 11.8. The summed E-state index contributed by atoms with van der Waals surface area (Å²) in [7, 11) is 0. The van der Waals surface area contributed by atoms with Crippen LogP contribution in [-0.4, -0.2) is 24.3 Å². The Balaban J connectivity index is 0. The van der Waals surface area contributed by atoms with Crippen LogP contribution >= 0.6 is 0 Å². The SMILES string of the molecule is CC.CCCNCC(C)O.Cc1ccccc1. The molecule has 1 rings (SSSR count). The standard InChI is InChI=1S/C7H8.C6H15NO.C2H6/c1-7-5-3-2-4-6-7;1-3-4-7-5-6(2)8;1-2/h2-6H,1H3;6-8H,3-5H2,1-2H3;1-2H3. The van der Waals surface area contributed by atoms with E-state index in [1.807, 2.05) is 32.0 Å². The predicted octanol–water partition coefficient (Wildman–Crippen LogP) is 3.39. The van der Waals surface area contributed by atoms with E-state index in [0.29, 0.717) is 6.54 Å². The largest absolute Gasteiger partial charge is 0.392 e. The van der Waals surface area contributed by atoms with Crippen LogP contribution in [-0.2, 0) is 0 Å². The Hall–Kier alpha value is -0.860. The van der Waals surface area contributed by atoms with Crippen LogP contribution in [0.3, 0.4) is 0 Å². The van der Waals surface area contributed by atoms with Crippen molar-refractivity contribution < 1.29 is 5.11 Å². The zero-order valence-corrected chi connectivity index (χ0v) is 12.0. The Morgan fingerprint density at radius 3 is 2.00 bits per heavy atom. The van der Waals surface area contributed by atoms with Gasteiger partial charge in [-0.3, -0.25) is 0 Å². The summed E-state index contributed by atoms with van der Waals surface area (Å²) in [6.07, 6.45) is 0.925. The smallest absolute Gasteiger partial charge is 0.0636 e. The van der Waals surface area contributed by atoms with Gasteiger partial charge in [0.05, 0.1) is 6.10 Å². The summed E-state index contributed by atoms with van der Waals surface area (Å²) in [5.74, 6) is 0. The Morgan fingerprint density at radius 2 is 1.71 bits per heavy atom. The summed E-state index contributed by atoms with van der Waals surface area (Å²) in [5.41, 5.74) is 1.32. The molecule has 0 heterocycles. The fourth-order valence-corrected chi connectivity index (χ4v) is 1.02. The normalized spacial score (nSPS) is 10.5. The van der Waals surface area contributed by atoms with E-state index >= 15 is 0 Å². The van der Waals surface area contributed by atoms with E-state index in [2.05, 4.69) is 31.3 Å². The highest BCUT2D eigenvalue weighted by molar-refractivity contribution is 5.11. The van der Waals surface area contributed by atoms with Crippen molar-refractivity contribution in [2.75, 3.05) is 13.1 Å². The fourth-order valence-electron chi connectivity index (χ4n) is 1.02. The minimum Gasteiger partial charge on any atom is -0.392 e. The molecule has 0 fully saturated rings. The number of hydrogen-bond donors (Lipinski definition) is 2. The van der Waals surface area contributed by atoms with Crippen LogP contribution < -0.4 is 5.32 Å². The first-order valence-corrected chi connectivity index (χ1v) is 6.57. The van der Waals surface area contributed by atoms with Gasteiger partial charge in [-0.25, -0.2) is 0 Å². The third kappa shape index (κ3) is 17.7. The molecule has 0 aromatic heterocycles. The van der Waals surface area contributed by atoms with Gasteiger partial charge >= 0.3 is 0 Å². The average molecular weight is 239 g/mol. The number of aliphatic hydroxyl groups is 1. The number of hydrogen-bond acceptors (Lipinski definition) is 2. The Morgan fingerprint density at radius 1 is 1.18 bits per heavy atom. The van der Waals surface area contributed by atoms with E-state index in [9.17, 15) is 0 Å². The third-order valence-corrected chi connectivity index (χ3v) is 1.81. The van der Waals surface area contributed by atoms with Crippen molar-refractivity contribution in [2.45, 2.75) is 47.1 Å². The molecule has 1 atom stereocenters. The first-order chi connectivity index (χ1) is 8.16. The molecule has 0 bridgehead atoms. The maximum atomic E-state index is 8.72. The van der Waals surface area contributed by atoms with Crippen LogP contribution in [0.2, 0.25) is 0 Å². The van der Waals surface area contributed by atoms with Gasteiger partial charge in [-0.2, -0.15) is 0 Å². The van der Waals surface area contributed by atoms with E-state index in [1.54, 1.807) is 6.92 Å². The highest BCUT2D eigenvalue weighted by Gasteiger charge is 1.90. The van der Waals surface area contributed by atoms with Gasteiger partial charge in [0.1, 0.15) is 0 Å².